The normalized spacial score (nSPS) is 20.3. The van der Waals surface area contributed by atoms with Gasteiger partial charge in [0.05, 0.1) is 16.8 Å². The second-order valence-electron chi connectivity index (χ2n) is 7.18. The number of carbonyl (C=O) groups is 2. The average molecular weight is 430 g/mol. The summed E-state index contributed by atoms with van der Waals surface area (Å²) < 4.78 is 79.0. The van der Waals surface area contributed by atoms with Gasteiger partial charge in [0.1, 0.15) is 5.54 Å². The number of urea groups is 1. The number of hydrogen-bond acceptors (Lipinski definition) is 2. The quantitative estimate of drug-likeness (QED) is 0.501. The molecule has 3 rings (SSSR count). The molecule has 1 unspecified atom stereocenters. The van der Waals surface area contributed by atoms with Crippen LogP contribution < -0.4 is 4.90 Å². The Morgan fingerprint density at radius 2 is 1.37 bits per heavy atom. The first-order valence-electron chi connectivity index (χ1n) is 8.71. The summed E-state index contributed by atoms with van der Waals surface area (Å²) in [5.41, 5.74) is -4.80. The molecule has 1 aliphatic rings. The third-order valence-corrected chi connectivity index (χ3v) is 5.10. The second-order valence-corrected chi connectivity index (χ2v) is 7.18. The fourth-order valence-corrected chi connectivity index (χ4v) is 3.32. The van der Waals surface area contributed by atoms with E-state index in [1.807, 2.05) is 0 Å². The zero-order chi connectivity index (χ0) is 22.5. The van der Waals surface area contributed by atoms with Crippen molar-refractivity contribution in [3.8, 4) is 0 Å². The lowest BCUT2D eigenvalue weighted by Gasteiger charge is -2.28. The van der Waals surface area contributed by atoms with Crippen LogP contribution in [0.5, 0.6) is 0 Å². The lowest BCUT2D eigenvalue weighted by atomic mass is 9.91. The Bertz CT molecular complexity index is 955. The molecular formula is C20H16F6N2O2. The number of likely N-dealkylation sites (N-methyl/N-ethyl adjacent to an activating group) is 1. The van der Waals surface area contributed by atoms with E-state index < -0.39 is 46.6 Å². The summed E-state index contributed by atoms with van der Waals surface area (Å²) in [6.45, 7) is 1.42. The van der Waals surface area contributed by atoms with E-state index in [1.165, 1.54) is 14.0 Å². The van der Waals surface area contributed by atoms with Crippen LogP contribution in [0.25, 0.3) is 0 Å². The Hall–Kier alpha value is -3.04. The molecule has 30 heavy (non-hydrogen) atoms. The minimum atomic E-state index is -5.10. The fourth-order valence-electron chi connectivity index (χ4n) is 3.32. The van der Waals surface area contributed by atoms with Gasteiger partial charge in [0.15, 0.2) is 0 Å². The monoisotopic (exact) mass is 430 g/mol. The molecule has 1 heterocycles. The average Bonchev–Trinajstić information content (AvgIpc) is 2.81. The van der Waals surface area contributed by atoms with Crippen LogP contribution in [0, 0.1) is 0 Å². The van der Waals surface area contributed by atoms with Gasteiger partial charge in [0.25, 0.3) is 5.91 Å². The van der Waals surface area contributed by atoms with Gasteiger partial charge in [-0.2, -0.15) is 26.3 Å². The smallest absolute Gasteiger partial charge is 0.312 e. The van der Waals surface area contributed by atoms with Crippen LogP contribution in [-0.2, 0) is 23.6 Å². The van der Waals surface area contributed by atoms with Crippen LogP contribution >= 0.6 is 0 Å². The van der Waals surface area contributed by atoms with Gasteiger partial charge >= 0.3 is 18.4 Å². The van der Waals surface area contributed by atoms with E-state index in [9.17, 15) is 35.9 Å². The van der Waals surface area contributed by atoms with Gasteiger partial charge in [0, 0.05) is 13.5 Å². The summed E-state index contributed by atoms with van der Waals surface area (Å²) in [5.74, 6) is -0.911. The predicted molar refractivity (Wildman–Crippen MR) is 95.6 cm³/mol. The Morgan fingerprint density at radius 1 is 0.867 bits per heavy atom. The Kier molecular flexibility index (Phi) is 5.08. The van der Waals surface area contributed by atoms with Crippen LogP contribution in [0.15, 0.2) is 48.5 Å². The molecule has 160 valence electrons. The van der Waals surface area contributed by atoms with E-state index in [2.05, 4.69) is 0 Å². The summed E-state index contributed by atoms with van der Waals surface area (Å²) in [7, 11) is 1.28. The molecule has 0 spiro atoms. The zero-order valence-electron chi connectivity index (χ0n) is 15.8. The highest BCUT2D eigenvalue weighted by molar-refractivity contribution is 6.23. The van der Waals surface area contributed by atoms with Crippen LogP contribution in [0.4, 0.5) is 36.8 Å². The van der Waals surface area contributed by atoms with Crippen molar-refractivity contribution in [3.63, 3.8) is 0 Å². The zero-order valence-corrected chi connectivity index (χ0v) is 15.8. The largest absolute Gasteiger partial charge is 0.416 e. The van der Waals surface area contributed by atoms with Crippen molar-refractivity contribution < 1.29 is 35.9 Å². The number of imide groups is 1. The number of rotatable bonds is 3. The number of benzene rings is 2. The first kappa shape index (κ1) is 21.7. The number of halogens is 6. The first-order chi connectivity index (χ1) is 13.7. The number of anilines is 1. The molecule has 0 N–H and O–H groups in total. The second kappa shape index (κ2) is 7.03. The maximum Gasteiger partial charge on any atom is 0.416 e. The lowest BCUT2D eigenvalue weighted by Crippen LogP contribution is -2.47. The van der Waals surface area contributed by atoms with Crippen LogP contribution in [0.2, 0.25) is 0 Å². The van der Waals surface area contributed by atoms with E-state index in [0.717, 1.165) is 4.90 Å². The van der Waals surface area contributed by atoms with Gasteiger partial charge in [-0.25, -0.2) is 9.69 Å². The van der Waals surface area contributed by atoms with Gasteiger partial charge < -0.3 is 4.90 Å². The maximum absolute atomic E-state index is 13.2. The summed E-state index contributed by atoms with van der Waals surface area (Å²) >= 11 is 0. The predicted octanol–water partition coefficient (Wildman–Crippen LogP) is 5.12. The first-order valence-corrected chi connectivity index (χ1v) is 8.71. The van der Waals surface area contributed by atoms with Crippen LogP contribution in [-0.4, -0.2) is 29.4 Å². The molecule has 1 aliphatic heterocycles. The molecule has 10 heteroatoms. The highest BCUT2D eigenvalue weighted by Crippen LogP contribution is 2.41. The van der Waals surface area contributed by atoms with Gasteiger partial charge in [-0.1, -0.05) is 30.3 Å². The van der Waals surface area contributed by atoms with Crippen molar-refractivity contribution in [2.24, 2.45) is 0 Å². The molecule has 0 bridgehead atoms. The molecule has 0 aliphatic carbocycles. The van der Waals surface area contributed by atoms with E-state index >= 15 is 0 Å². The number of hydrogen-bond donors (Lipinski definition) is 0. The van der Waals surface area contributed by atoms with E-state index in [1.54, 1.807) is 30.3 Å². The van der Waals surface area contributed by atoms with Crippen molar-refractivity contribution >= 4 is 17.6 Å². The Balaban J connectivity index is 2.09. The van der Waals surface area contributed by atoms with Crippen LogP contribution in [0.1, 0.15) is 23.6 Å². The molecule has 4 nitrogen and oxygen atoms in total. The molecule has 1 fully saturated rings. The van der Waals surface area contributed by atoms with E-state index in [0.29, 0.717) is 22.6 Å². The maximum atomic E-state index is 13.2. The molecule has 1 atom stereocenters. The standard InChI is InChI=1S/C20H16F6N2O2/c1-18(11-12-6-4-3-5-7-12)16(29)28(17(30)27(18)2)15-9-13(19(21,22)23)8-14(10-15)20(24,25)26/h3-10H,11H2,1-2H3. The van der Waals surface area contributed by atoms with E-state index in [4.69, 9.17) is 0 Å². The van der Waals surface area contributed by atoms with Crippen LogP contribution in [0.3, 0.4) is 0 Å². The van der Waals surface area contributed by atoms with Crippen molar-refractivity contribution in [2.45, 2.75) is 31.2 Å². The minimum Gasteiger partial charge on any atom is -0.312 e. The number of carbonyl (C=O) groups excluding carboxylic acids is 2. The van der Waals surface area contributed by atoms with Crippen molar-refractivity contribution in [1.29, 1.82) is 0 Å². The lowest BCUT2D eigenvalue weighted by molar-refractivity contribution is -0.143. The highest BCUT2D eigenvalue weighted by atomic mass is 19.4. The molecular weight excluding hydrogens is 414 g/mol. The Morgan fingerprint density at radius 3 is 1.83 bits per heavy atom. The molecule has 1 saturated heterocycles. The molecule has 0 aromatic heterocycles. The van der Waals surface area contributed by atoms with Gasteiger partial charge in [-0.15, -0.1) is 0 Å². The van der Waals surface area contributed by atoms with Gasteiger partial charge in [0.2, 0.25) is 0 Å². The van der Waals surface area contributed by atoms with Gasteiger partial charge in [-0.05, 0) is 30.7 Å². The summed E-state index contributed by atoms with van der Waals surface area (Å²) in [6, 6.07) is 8.23. The Labute approximate surface area is 167 Å². The summed E-state index contributed by atoms with van der Waals surface area (Å²) in [5, 5.41) is 0. The molecule has 0 saturated carbocycles. The molecule has 0 radical (unpaired) electrons. The third kappa shape index (κ3) is 3.73. The van der Waals surface area contributed by atoms with Gasteiger partial charge in [-0.3, -0.25) is 4.79 Å². The van der Waals surface area contributed by atoms with Crippen molar-refractivity contribution in [2.75, 3.05) is 11.9 Å². The number of amides is 3. The number of nitrogens with zero attached hydrogens (tertiary/aromatic N) is 2. The van der Waals surface area contributed by atoms with Crippen molar-refractivity contribution in [1.82, 2.24) is 4.90 Å². The van der Waals surface area contributed by atoms with Crippen molar-refractivity contribution in [3.05, 3.63) is 65.2 Å². The fraction of sp³-hybridized carbons (Fsp3) is 0.300. The molecule has 2 aromatic carbocycles. The summed E-state index contributed by atoms with van der Waals surface area (Å²) in [6.07, 6.45) is -10.2. The highest BCUT2D eigenvalue weighted by Gasteiger charge is 2.53. The summed E-state index contributed by atoms with van der Waals surface area (Å²) in [4.78, 5) is 27.2. The SMILES string of the molecule is CN1C(=O)N(c2cc(C(F)(F)F)cc(C(F)(F)F)c2)C(=O)C1(C)Cc1ccccc1. The third-order valence-electron chi connectivity index (χ3n) is 5.10. The topological polar surface area (TPSA) is 40.6 Å². The molecule has 2 aromatic rings. The minimum absolute atomic E-state index is 0.0382. The number of alkyl halides is 6. The van der Waals surface area contributed by atoms with E-state index in [-0.39, 0.29) is 12.5 Å². The molecule has 3 amide bonds.